The summed E-state index contributed by atoms with van der Waals surface area (Å²) in [7, 11) is 0. The molecular weight excluding hydrogens is 320 g/mol. The van der Waals surface area contributed by atoms with Crippen LogP contribution < -0.4 is 0 Å². The first kappa shape index (κ1) is 13.6. The van der Waals surface area contributed by atoms with E-state index in [1.807, 2.05) is 6.07 Å². The van der Waals surface area contributed by atoms with E-state index in [0.717, 1.165) is 29.1 Å². The fourth-order valence-corrected chi connectivity index (χ4v) is 3.22. The van der Waals surface area contributed by atoms with Gasteiger partial charge in [-0.1, -0.05) is 34.4 Å². The first-order chi connectivity index (χ1) is 9.67. The molecule has 0 spiro atoms. The van der Waals surface area contributed by atoms with Gasteiger partial charge in [0.1, 0.15) is 5.75 Å². The minimum atomic E-state index is 0.146. The topological polar surface area (TPSA) is 59.2 Å². The number of aromatic nitrogens is 2. The monoisotopic (exact) mass is 336 g/mol. The van der Waals surface area contributed by atoms with Crippen molar-refractivity contribution >= 4 is 15.9 Å². The highest BCUT2D eigenvalue weighted by atomic mass is 79.9. The van der Waals surface area contributed by atoms with E-state index in [2.05, 4.69) is 33.0 Å². The largest absolute Gasteiger partial charge is 0.507 e. The summed E-state index contributed by atoms with van der Waals surface area (Å²) in [5.41, 5.74) is 0.581. The van der Waals surface area contributed by atoms with Gasteiger partial charge < -0.3 is 9.63 Å². The molecule has 106 valence electrons. The molecule has 1 aromatic carbocycles. The molecule has 1 heterocycles. The number of aromatic hydroxyl groups is 1. The van der Waals surface area contributed by atoms with Crippen molar-refractivity contribution in [3.63, 3.8) is 0 Å². The van der Waals surface area contributed by atoms with Crippen LogP contribution in [0.2, 0.25) is 0 Å². The molecule has 1 aliphatic rings. The molecule has 0 aliphatic heterocycles. The van der Waals surface area contributed by atoms with E-state index < -0.39 is 0 Å². The van der Waals surface area contributed by atoms with E-state index in [9.17, 15) is 5.11 Å². The van der Waals surface area contributed by atoms with Gasteiger partial charge in [0, 0.05) is 10.4 Å². The maximum atomic E-state index is 9.94. The summed E-state index contributed by atoms with van der Waals surface area (Å²) < 4.78 is 6.14. The standard InChI is InChI=1S/C15H17BrN2O2/c1-2-9-3-4-10(7-9)14-17-15(20-18-14)12-6-5-11(16)8-13(12)19/h5-6,8-10,19H,2-4,7H2,1H3. The predicted octanol–water partition coefficient (Wildman–Crippen LogP) is 4.50. The molecule has 0 radical (unpaired) electrons. The highest BCUT2D eigenvalue weighted by Gasteiger charge is 2.28. The molecule has 1 N–H and O–H groups in total. The molecule has 1 aliphatic carbocycles. The van der Waals surface area contributed by atoms with Crippen molar-refractivity contribution in [2.75, 3.05) is 0 Å². The quantitative estimate of drug-likeness (QED) is 0.896. The lowest BCUT2D eigenvalue weighted by molar-refractivity contribution is 0.410. The second-order valence-corrected chi connectivity index (χ2v) is 6.32. The van der Waals surface area contributed by atoms with E-state index in [0.29, 0.717) is 17.4 Å². The molecular formula is C15H17BrN2O2. The minimum Gasteiger partial charge on any atom is -0.507 e. The van der Waals surface area contributed by atoms with Crippen LogP contribution in [0.4, 0.5) is 0 Å². The number of benzene rings is 1. The Balaban J connectivity index is 1.83. The number of halogens is 1. The van der Waals surface area contributed by atoms with Gasteiger partial charge in [0.25, 0.3) is 5.89 Å². The Kier molecular flexibility index (Phi) is 3.78. The highest BCUT2D eigenvalue weighted by molar-refractivity contribution is 9.10. The van der Waals surface area contributed by atoms with Gasteiger partial charge in [-0.15, -0.1) is 0 Å². The van der Waals surface area contributed by atoms with Crippen molar-refractivity contribution in [2.45, 2.75) is 38.5 Å². The van der Waals surface area contributed by atoms with E-state index in [-0.39, 0.29) is 5.75 Å². The molecule has 2 atom stereocenters. The summed E-state index contributed by atoms with van der Waals surface area (Å²) in [5, 5.41) is 14.0. The lowest BCUT2D eigenvalue weighted by Gasteiger charge is -2.04. The average Bonchev–Trinajstić information content (AvgIpc) is 3.07. The molecule has 5 heteroatoms. The van der Waals surface area contributed by atoms with Gasteiger partial charge in [0.05, 0.1) is 5.56 Å². The zero-order valence-electron chi connectivity index (χ0n) is 11.3. The first-order valence-corrected chi connectivity index (χ1v) is 7.79. The predicted molar refractivity (Wildman–Crippen MR) is 79.5 cm³/mol. The van der Waals surface area contributed by atoms with Crippen LogP contribution in [0.1, 0.15) is 44.3 Å². The Morgan fingerprint density at radius 1 is 1.40 bits per heavy atom. The molecule has 0 amide bonds. The van der Waals surface area contributed by atoms with Crippen LogP contribution in [0.3, 0.4) is 0 Å². The molecule has 1 saturated carbocycles. The zero-order valence-corrected chi connectivity index (χ0v) is 12.9. The maximum absolute atomic E-state index is 9.94. The van der Waals surface area contributed by atoms with Crippen molar-refractivity contribution in [3.05, 3.63) is 28.5 Å². The molecule has 0 saturated heterocycles. The van der Waals surface area contributed by atoms with Crippen molar-refractivity contribution in [1.29, 1.82) is 0 Å². The first-order valence-electron chi connectivity index (χ1n) is 7.00. The summed E-state index contributed by atoms with van der Waals surface area (Å²) in [5.74, 6) is 2.49. The van der Waals surface area contributed by atoms with E-state index in [1.165, 1.54) is 12.8 Å². The van der Waals surface area contributed by atoms with Gasteiger partial charge in [-0.25, -0.2) is 0 Å². The van der Waals surface area contributed by atoms with Gasteiger partial charge in [-0.05, 0) is 43.4 Å². The van der Waals surface area contributed by atoms with E-state index in [4.69, 9.17) is 4.52 Å². The van der Waals surface area contributed by atoms with Gasteiger partial charge in [-0.2, -0.15) is 4.98 Å². The number of hydrogen-bond acceptors (Lipinski definition) is 4. The fourth-order valence-electron chi connectivity index (χ4n) is 2.88. The van der Waals surface area contributed by atoms with Crippen molar-refractivity contribution in [2.24, 2.45) is 5.92 Å². The smallest absolute Gasteiger partial charge is 0.261 e. The lowest BCUT2D eigenvalue weighted by atomic mass is 10.0. The van der Waals surface area contributed by atoms with E-state index >= 15 is 0 Å². The Morgan fingerprint density at radius 3 is 2.95 bits per heavy atom. The Hall–Kier alpha value is -1.36. The maximum Gasteiger partial charge on any atom is 0.261 e. The Morgan fingerprint density at radius 2 is 2.25 bits per heavy atom. The Labute approximate surface area is 126 Å². The van der Waals surface area contributed by atoms with Gasteiger partial charge >= 0.3 is 0 Å². The summed E-state index contributed by atoms with van der Waals surface area (Å²) in [6, 6.07) is 5.25. The zero-order chi connectivity index (χ0) is 14.1. The number of rotatable bonds is 3. The summed E-state index contributed by atoms with van der Waals surface area (Å²) in [6.45, 7) is 2.23. The van der Waals surface area contributed by atoms with Crippen LogP contribution in [0.5, 0.6) is 5.75 Å². The molecule has 4 nitrogen and oxygen atoms in total. The van der Waals surface area contributed by atoms with Crippen LogP contribution in [-0.2, 0) is 0 Å². The van der Waals surface area contributed by atoms with Crippen LogP contribution in [0, 0.1) is 5.92 Å². The molecule has 1 fully saturated rings. The third kappa shape index (κ3) is 2.59. The van der Waals surface area contributed by atoms with Crippen LogP contribution in [0.25, 0.3) is 11.5 Å². The summed E-state index contributed by atoms with van der Waals surface area (Å²) in [6.07, 6.45) is 4.73. The van der Waals surface area contributed by atoms with Gasteiger partial charge in [0.2, 0.25) is 0 Å². The third-order valence-electron chi connectivity index (χ3n) is 4.12. The molecule has 0 bridgehead atoms. The molecule has 2 aromatic rings. The van der Waals surface area contributed by atoms with Gasteiger partial charge in [0.15, 0.2) is 5.82 Å². The average molecular weight is 337 g/mol. The van der Waals surface area contributed by atoms with Crippen molar-refractivity contribution < 1.29 is 9.63 Å². The normalized spacial score (nSPS) is 22.3. The summed E-state index contributed by atoms with van der Waals surface area (Å²) in [4.78, 5) is 4.47. The lowest BCUT2D eigenvalue weighted by Crippen LogP contribution is -1.97. The number of phenolic OH excluding ortho intramolecular Hbond substituents is 1. The number of hydrogen-bond donors (Lipinski definition) is 1. The SMILES string of the molecule is CCC1CCC(c2noc(-c3ccc(Br)cc3O)n2)C1. The van der Waals surface area contributed by atoms with Crippen molar-refractivity contribution in [3.8, 4) is 17.2 Å². The van der Waals surface area contributed by atoms with Crippen LogP contribution >= 0.6 is 15.9 Å². The second kappa shape index (κ2) is 5.56. The third-order valence-corrected chi connectivity index (χ3v) is 4.61. The van der Waals surface area contributed by atoms with E-state index in [1.54, 1.807) is 12.1 Å². The molecule has 3 rings (SSSR count). The molecule has 2 unspecified atom stereocenters. The number of nitrogens with zero attached hydrogens (tertiary/aromatic N) is 2. The summed E-state index contributed by atoms with van der Waals surface area (Å²) >= 11 is 3.32. The second-order valence-electron chi connectivity index (χ2n) is 5.40. The van der Waals surface area contributed by atoms with Crippen LogP contribution in [0.15, 0.2) is 27.2 Å². The Bertz CT molecular complexity index is 612. The van der Waals surface area contributed by atoms with Gasteiger partial charge in [-0.3, -0.25) is 0 Å². The van der Waals surface area contributed by atoms with Crippen LogP contribution in [-0.4, -0.2) is 15.2 Å². The van der Waals surface area contributed by atoms with Crippen molar-refractivity contribution in [1.82, 2.24) is 10.1 Å². The molecule has 20 heavy (non-hydrogen) atoms. The highest BCUT2D eigenvalue weighted by Crippen LogP contribution is 2.39. The minimum absolute atomic E-state index is 0.146. The number of phenols is 1. The fraction of sp³-hybridized carbons (Fsp3) is 0.467. The molecule has 1 aromatic heterocycles.